The maximum absolute atomic E-state index is 2.73. The van der Waals surface area contributed by atoms with Gasteiger partial charge in [0.25, 0.3) is 0 Å². The number of para-hydroxylation sites is 1. The molecule has 27 heavy (non-hydrogen) atoms. The molecule has 0 N–H and O–H groups in total. The lowest BCUT2D eigenvalue weighted by molar-refractivity contribution is 0.0991. The molecule has 0 saturated carbocycles. The minimum Gasteiger partial charge on any atom is -0.369 e. The molecule has 0 unspecified atom stereocenters. The van der Waals surface area contributed by atoms with Crippen molar-refractivity contribution in [2.45, 2.75) is 18.9 Å². The van der Waals surface area contributed by atoms with E-state index in [1.807, 2.05) is 0 Å². The normalized spacial score (nSPS) is 22.4. The summed E-state index contributed by atoms with van der Waals surface area (Å²) in [5.74, 6) is 0. The van der Waals surface area contributed by atoms with Gasteiger partial charge in [-0.1, -0.05) is 60.7 Å². The molecule has 0 amide bonds. The number of anilines is 1. The van der Waals surface area contributed by atoms with E-state index in [0.717, 1.165) is 25.7 Å². The average molecular weight is 362 g/mol. The first-order valence-corrected chi connectivity index (χ1v) is 10.4. The predicted molar refractivity (Wildman–Crippen MR) is 115 cm³/mol. The monoisotopic (exact) mass is 361 g/mol. The smallest absolute Gasteiger partial charge is 0.0367 e. The summed E-state index contributed by atoms with van der Waals surface area (Å²) >= 11 is 0. The Morgan fingerprint density at radius 3 is 2.26 bits per heavy atom. The standard InChI is InChI=1S/C24H31N3/c1-3-9-22(10-4-1)11-7-15-25-16-8-14-24(21-25)27-19-17-26(18-20-27)23-12-5-2-6-13-23/h1-7,9-13,24H,8,14-21H2/b11-7+/t24-/m1/s1. The molecule has 3 nitrogen and oxygen atoms in total. The predicted octanol–water partition coefficient (Wildman–Crippen LogP) is 3.99. The van der Waals surface area contributed by atoms with E-state index >= 15 is 0 Å². The van der Waals surface area contributed by atoms with Crippen LogP contribution in [0.2, 0.25) is 0 Å². The summed E-state index contributed by atoms with van der Waals surface area (Å²) in [5.41, 5.74) is 2.66. The molecule has 4 rings (SSSR count). The zero-order valence-corrected chi connectivity index (χ0v) is 16.2. The van der Waals surface area contributed by atoms with Crippen LogP contribution in [-0.2, 0) is 0 Å². The van der Waals surface area contributed by atoms with Crippen molar-refractivity contribution in [1.29, 1.82) is 0 Å². The fourth-order valence-corrected chi connectivity index (χ4v) is 4.38. The Morgan fingerprint density at radius 1 is 0.815 bits per heavy atom. The third-order valence-electron chi connectivity index (χ3n) is 5.91. The number of piperidine rings is 1. The third-order valence-corrected chi connectivity index (χ3v) is 5.91. The highest BCUT2D eigenvalue weighted by molar-refractivity contribution is 5.49. The van der Waals surface area contributed by atoms with Crippen molar-refractivity contribution in [3.05, 3.63) is 72.3 Å². The van der Waals surface area contributed by atoms with E-state index in [1.165, 1.54) is 50.3 Å². The lowest BCUT2D eigenvalue weighted by atomic mass is 10.0. The molecule has 1 atom stereocenters. The van der Waals surface area contributed by atoms with Gasteiger partial charge in [0.1, 0.15) is 0 Å². The number of hydrogen-bond acceptors (Lipinski definition) is 3. The molecule has 2 aliphatic rings. The van der Waals surface area contributed by atoms with E-state index in [0.29, 0.717) is 0 Å². The van der Waals surface area contributed by atoms with Crippen molar-refractivity contribution in [3.63, 3.8) is 0 Å². The summed E-state index contributed by atoms with van der Waals surface area (Å²) in [6.45, 7) is 8.18. The number of hydrogen-bond donors (Lipinski definition) is 0. The van der Waals surface area contributed by atoms with Crippen LogP contribution in [-0.4, -0.2) is 61.7 Å². The van der Waals surface area contributed by atoms with Crippen molar-refractivity contribution in [2.24, 2.45) is 0 Å². The fraction of sp³-hybridized carbons (Fsp3) is 0.417. The minimum atomic E-state index is 0.724. The topological polar surface area (TPSA) is 9.72 Å². The Bertz CT molecular complexity index is 705. The first-order chi connectivity index (χ1) is 13.4. The highest BCUT2D eigenvalue weighted by Gasteiger charge is 2.27. The summed E-state index contributed by atoms with van der Waals surface area (Å²) in [5, 5.41) is 0. The van der Waals surface area contributed by atoms with Crippen LogP contribution >= 0.6 is 0 Å². The van der Waals surface area contributed by atoms with Gasteiger partial charge in [0.05, 0.1) is 0 Å². The molecule has 2 aromatic rings. The minimum absolute atomic E-state index is 0.724. The number of rotatable bonds is 5. The summed E-state index contributed by atoms with van der Waals surface area (Å²) in [6.07, 6.45) is 7.25. The first-order valence-electron chi connectivity index (χ1n) is 10.4. The van der Waals surface area contributed by atoms with Gasteiger partial charge in [0.15, 0.2) is 0 Å². The molecule has 2 saturated heterocycles. The number of piperazine rings is 1. The summed E-state index contributed by atoms with van der Waals surface area (Å²) in [4.78, 5) is 7.88. The molecular weight excluding hydrogens is 330 g/mol. The van der Waals surface area contributed by atoms with Crippen LogP contribution in [0, 0.1) is 0 Å². The van der Waals surface area contributed by atoms with Gasteiger partial charge in [0.2, 0.25) is 0 Å². The van der Waals surface area contributed by atoms with Crippen LogP contribution in [0.4, 0.5) is 5.69 Å². The van der Waals surface area contributed by atoms with Crippen molar-refractivity contribution >= 4 is 11.8 Å². The molecule has 3 heteroatoms. The molecule has 2 heterocycles. The Hall–Kier alpha value is -2.10. The highest BCUT2D eigenvalue weighted by atomic mass is 15.3. The summed E-state index contributed by atoms with van der Waals surface area (Å²) in [6, 6.07) is 22.2. The molecule has 2 aliphatic heterocycles. The van der Waals surface area contributed by atoms with Crippen molar-refractivity contribution in [2.75, 3.05) is 50.7 Å². The van der Waals surface area contributed by atoms with Crippen molar-refractivity contribution < 1.29 is 0 Å². The van der Waals surface area contributed by atoms with Gasteiger partial charge in [-0.05, 0) is 37.1 Å². The molecule has 2 aromatic carbocycles. The Kier molecular flexibility index (Phi) is 6.23. The number of benzene rings is 2. The van der Waals surface area contributed by atoms with Gasteiger partial charge in [-0.15, -0.1) is 0 Å². The van der Waals surface area contributed by atoms with Gasteiger partial charge in [-0.2, -0.15) is 0 Å². The SMILES string of the molecule is C(=C\c1ccccc1)/CN1CCC[C@@H](N2CCN(c3ccccc3)CC2)C1. The highest BCUT2D eigenvalue weighted by Crippen LogP contribution is 2.21. The van der Waals surface area contributed by atoms with E-state index in [9.17, 15) is 0 Å². The molecule has 0 aromatic heterocycles. The maximum Gasteiger partial charge on any atom is 0.0367 e. The Labute approximate surface area is 163 Å². The maximum atomic E-state index is 2.73. The molecule has 0 spiro atoms. The van der Waals surface area contributed by atoms with E-state index in [1.54, 1.807) is 0 Å². The van der Waals surface area contributed by atoms with Crippen LogP contribution in [0.1, 0.15) is 18.4 Å². The molecule has 0 bridgehead atoms. The lowest BCUT2D eigenvalue weighted by Crippen LogP contribution is -2.55. The van der Waals surface area contributed by atoms with E-state index in [2.05, 4.69) is 87.5 Å². The van der Waals surface area contributed by atoms with Crippen LogP contribution < -0.4 is 4.90 Å². The van der Waals surface area contributed by atoms with E-state index in [4.69, 9.17) is 0 Å². The third kappa shape index (κ3) is 5.00. The summed E-state index contributed by atoms with van der Waals surface area (Å²) < 4.78 is 0. The van der Waals surface area contributed by atoms with Crippen LogP contribution in [0.25, 0.3) is 6.08 Å². The first kappa shape index (κ1) is 18.3. The zero-order valence-electron chi connectivity index (χ0n) is 16.2. The Balaban J connectivity index is 1.26. The average Bonchev–Trinajstić information content (AvgIpc) is 2.76. The van der Waals surface area contributed by atoms with Crippen molar-refractivity contribution in [3.8, 4) is 0 Å². The van der Waals surface area contributed by atoms with Gasteiger partial charge in [0, 0.05) is 51.0 Å². The fourth-order valence-electron chi connectivity index (χ4n) is 4.38. The molecule has 0 radical (unpaired) electrons. The molecular formula is C24H31N3. The second-order valence-corrected chi connectivity index (χ2v) is 7.73. The van der Waals surface area contributed by atoms with Crippen molar-refractivity contribution in [1.82, 2.24) is 9.80 Å². The second kappa shape index (κ2) is 9.20. The largest absolute Gasteiger partial charge is 0.369 e. The quantitative estimate of drug-likeness (QED) is 0.797. The molecule has 2 fully saturated rings. The molecule has 0 aliphatic carbocycles. The van der Waals surface area contributed by atoms with Crippen LogP contribution in [0.5, 0.6) is 0 Å². The van der Waals surface area contributed by atoms with Gasteiger partial charge in [-0.25, -0.2) is 0 Å². The summed E-state index contributed by atoms with van der Waals surface area (Å²) in [7, 11) is 0. The van der Waals surface area contributed by atoms with Crippen LogP contribution in [0.3, 0.4) is 0 Å². The van der Waals surface area contributed by atoms with E-state index < -0.39 is 0 Å². The van der Waals surface area contributed by atoms with Gasteiger partial charge in [-0.3, -0.25) is 9.80 Å². The van der Waals surface area contributed by atoms with Gasteiger partial charge >= 0.3 is 0 Å². The Morgan fingerprint density at radius 2 is 1.52 bits per heavy atom. The second-order valence-electron chi connectivity index (χ2n) is 7.73. The number of likely N-dealkylation sites (tertiary alicyclic amines) is 1. The lowest BCUT2D eigenvalue weighted by Gasteiger charge is -2.43. The zero-order chi connectivity index (χ0) is 18.3. The van der Waals surface area contributed by atoms with E-state index in [-0.39, 0.29) is 0 Å². The number of nitrogens with zero attached hydrogens (tertiary/aromatic N) is 3. The molecule has 142 valence electrons. The van der Waals surface area contributed by atoms with Crippen LogP contribution in [0.15, 0.2) is 66.7 Å². The van der Waals surface area contributed by atoms with Gasteiger partial charge < -0.3 is 4.90 Å².